The van der Waals surface area contributed by atoms with Crippen molar-refractivity contribution in [3.05, 3.63) is 23.2 Å². The zero-order chi connectivity index (χ0) is 15.5. The minimum Gasteiger partial charge on any atom is -0.465 e. The second-order valence-electron chi connectivity index (χ2n) is 6.80. The van der Waals surface area contributed by atoms with Crippen LogP contribution in [-0.4, -0.2) is 36.7 Å². The average molecular weight is 294 g/mol. The number of piperidine rings is 1. The van der Waals surface area contributed by atoms with E-state index in [-0.39, 0.29) is 5.60 Å². The van der Waals surface area contributed by atoms with E-state index in [1.807, 2.05) is 7.11 Å². The quantitative estimate of drug-likeness (QED) is 0.875. The molecule has 1 aliphatic heterocycles. The van der Waals surface area contributed by atoms with Crippen molar-refractivity contribution >= 4 is 0 Å². The van der Waals surface area contributed by atoms with Gasteiger partial charge in [0.1, 0.15) is 11.5 Å². The average Bonchev–Trinajstić information content (AvgIpc) is 2.77. The summed E-state index contributed by atoms with van der Waals surface area (Å²) in [5, 5.41) is 3.40. The Morgan fingerprint density at radius 3 is 2.90 bits per heavy atom. The highest BCUT2D eigenvalue weighted by molar-refractivity contribution is 5.21. The summed E-state index contributed by atoms with van der Waals surface area (Å²) in [5.41, 5.74) is 1.30. The van der Waals surface area contributed by atoms with Crippen LogP contribution in [0.25, 0.3) is 0 Å². The zero-order valence-electron chi connectivity index (χ0n) is 14.2. The fourth-order valence-electron chi connectivity index (χ4n) is 2.99. The second kappa shape index (κ2) is 6.95. The molecule has 1 unspecified atom stereocenters. The Bertz CT molecular complexity index is 456. The van der Waals surface area contributed by atoms with Crippen LogP contribution in [0.1, 0.15) is 50.7 Å². The molecule has 2 rings (SSSR count). The number of hydrogen-bond acceptors (Lipinski definition) is 4. The van der Waals surface area contributed by atoms with E-state index in [0.29, 0.717) is 6.04 Å². The summed E-state index contributed by atoms with van der Waals surface area (Å²) in [6.07, 6.45) is 2.34. The predicted octanol–water partition coefficient (Wildman–Crippen LogP) is 3.09. The van der Waals surface area contributed by atoms with Crippen molar-refractivity contribution in [2.75, 3.05) is 20.2 Å². The van der Waals surface area contributed by atoms with Crippen LogP contribution >= 0.6 is 0 Å². The van der Waals surface area contributed by atoms with Gasteiger partial charge in [-0.25, -0.2) is 0 Å². The summed E-state index contributed by atoms with van der Waals surface area (Å²) in [4.78, 5) is 2.48. The largest absolute Gasteiger partial charge is 0.465 e. The molecule has 0 aromatic carbocycles. The summed E-state index contributed by atoms with van der Waals surface area (Å²) in [7, 11) is 1.82. The number of likely N-dealkylation sites (tertiary alicyclic amines) is 1. The molecule has 1 aromatic heterocycles. The predicted molar refractivity (Wildman–Crippen MR) is 85.3 cm³/mol. The summed E-state index contributed by atoms with van der Waals surface area (Å²) >= 11 is 0. The molecule has 1 saturated heterocycles. The van der Waals surface area contributed by atoms with Crippen LogP contribution in [0.5, 0.6) is 0 Å². The highest BCUT2D eigenvalue weighted by Crippen LogP contribution is 2.26. The third-order valence-corrected chi connectivity index (χ3v) is 4.38. The number of methoxy groups -OCH3 is 1. The molecule has 1 aliphatic rings. The minimum absolute atomic E-state index is 0.00206. The number of aryl methyl sites for hydroxylation is 1. The minimum atomic E-state index is -0.00206. The van der Waals surface area contributed by atoms with Gasteiger partial charge in [-0.2, -0.15) is 0 Å². The fraction of sp³-hybridized carbons (Fsp3) is 0.765. The van der Waals surface area contributed by atoms with Crippen LogP contribution in [0.2, 0.25) is 0 Å². The Morgan fingerprint density at radius 1 is 1.48 bits per heavy atom. The number of hydrogen-bond donors (Lipinski definition) is 1. The third-order valence-electron chi connectivity index (χ3n) is 4.38. The number of rotatable bonds is 6. The Labute approximate surface area is 128 Å². The van der Waals surface area contributed by atoms with Gasteiger partial charge in [-0.1, -0.05) is 13.8 Å². The van der Waals surface area contributed by atoms with Crippen LogP contribution in [0.4, 0.5) is 0 Å². The van der Waals surface area contributed by atoms with Gasteiger partial charge < -0.3 is 14.5 Å². The molecule has 1 atom stereocenters. The molecule has 0 amide bonds. The van der Waals surface area contributed by atoms with Gasteiger partial charge in [-0.05, 0) is 39.3 Å². The first-order valence-corrected chi connectivity index (χ1v) is 8.01. The van der Waals surface area contributed by atoms with E-state index in [2.05, 4.69) is 44.0 Å². The van der Waals surface area contributed by atoms with Crippen LogP contribution in [0.3, 0.4) is 0 Å². The van der Waals surface area contributed by atoms with E-state index in [1.165, 1.54) is 12.0 Å². The van der Waals surface area contributed by atoms with Crippen LogP contribution in [0.15, 0.2) is 10.5 Å². The van der Waals surface area contributed by atoms with Crippen molar-refractivity contribution in [2.45, 2.75) is 65.3 Å². The van der Waals surface area contributed by atoms with Gasteiger partial charge in [-0.15, -0.1) is 0 Å². The van der Waals surface area contributed by atoms with Crippen LogP contribution < -0.4 is 5.32 Å². The maximum absolute atomic E-state index is 5.86. The van der Waals surface area contributed by atoms with Gasteiger partial charge in [0.25, 0.3) is 0 Å². The summed E-state index contributed by atoms with van der Waals surface area (Å²) < 4.78 is 11.5. The van der Waals surface area contributed by atoms with Crippen molar-refractivity contribution in [1.29, 1.82) is 0 Å². The van der Waals surface area contributed by atoms with Gasteiger partial charge >= 0.3 is 0 Å². The second-order valence-corrected chi connectivity index (χ2v) is 6.80. The van der Waals surface area contributed by atoms with Gasteiger partial charge in [0, 0.05) is 31.8 Å². The van der Waals surface area contributed by atoms with Gasteiger partial charge in [0.2, 0.25) is 0 Å². The number of ether oxygens (including phenoxy) is 1. The van der Waals surface area contributed by atoms with E-state index >= 15 is 0 Å². The Kier molecular flexibility index (Phi) is 5.47. The molecule has 1 N–H and O–H groups in total. The maximum atomic E-state index is 5.86. The lowest BCUT2D eigenvalue weighted by Gasteiger charge is -2.39. The lowest BCUT2D eigenvalue weighted by molar-refractivity contribution is -0.0527. The molecule has 0 aliphatic carbocycles. The Morgan fingerprint density at radius 2 is 2.24 bits per heavy atom. The van der Waals surface area contributed by atoms with Crippen molar-refractivity contribution in [3.63, 3.8) is 0 Å². The fourth-order valence-corrected chi connectivity index (χ4v) is 2.99. The monoisotopic (exact) mass is 294 g/mol. The first-order valence-electron chi connectivity index (χ1n) is 8.01. The summed E-state index contributed by atoms with van der Waals surface area (Å²) in [5.74, 6) is 2.07. The molecular weight excluding hydrogens is 264 g/mol. The lowest BCUT2D eigenvalue weighted by Crippen LogP contribution is -2.46. The molecule has 1 aromatic rings. The van der Waals surface area contributed by atoms with Gasteiger partial charge in [-0.3, -0.25) is 4.90 Å². The molecular formula is C17H30N2O2. The van der Waals surface area contributed by atoms with Crippen molar-refractivity contribution in [3.8, 4) is 0 Å². The molecule has 120 valence electrons. The Hall–Kier alpha value is -0.840. The first kappa shape index (κ1) is 16.5. The molecule has 2 heterocycles. The molecule has 4 nitrogen and oxygen atoms in total. The van der Waals surface area contributed by atoms with Gasteiger partial charge in [0.15, 0.2) is 0 Å². The van der Waals surface area contributed by atoms with E-state index in [1.54, 1.807) is 0 Å². The van der Waals surface area contributed by atoms with E-state index in [4.69, 9.17) is 9.15 Å². The standard InChI is InChI=1S/C17H30N2O2/c1-13(2)18-10-16-9-15(14(3)21-16)11-19-8-6-7-17(4,12-19)20-5/h9,13,18H,6-8,10-12H2,1-5H3. The SMILES string of the molecule is COC1(C)CCCN(Cc2cc(CNC(C)C)oc2C)C1. The molecule has 1 fully saturated rings. The van der Waals surface area contributed by atoms with Crippen molar-refractivity contribution in [1.82, 2.24) is 10.2 Å². The third kappa shape index (κ3) is 4.56. The summed E-state index contributed by atoms with van der Waals surface area (Å²) in [6, 6.07) is 2.67. The number of nitrogens with one attached hydrogen (secondary N) is 1. The van der Waals surface area contributed by atoms with Crippen LogP contribution in [0, 0.1) is 6.92 Å². The van der Waals surface area contributed by atoms with Crippen LogP contribution in [-0.2, 0) is 17.8 Å². The van der Waals surface area contributed by atoms with Crippen molar-refractivity contribution in [2.24, 2.45) is 0 Å². The normalized spacial score (nSPS) is 23.9. The highest BCUT2D eigenvalue weighted by atomic mass is 16.5. The van der Waals surface area contributed by atoms with Gasteiger partial charge in [0.05, 0.1) is 12.1 Å². The zero-order valence-corrected chi connectivity index (χ0v) is 14.2. The van der Waals surface area contributed by atoms with E-state index in [0.717, 1.165) is 44.1 Å². The van der Waals surface area contributed by atoms with Crippen molar-refractivity contribution < 1.29 is 9.15 Å². The molecule has 4 heteroatoms. The highest BCUT2D eigenvalue weighted by Gasteiger charge is 2.31. The van der Waals surface area contributed by atoms with E-state index in [9.17, 15) is 0 Å². The first-order chi connectivity index (χ1) is 9.92. The molecule has 0 saturated carbocycles. The van der Waals surface area contributed by atoms with E-state index < -0.39 is 0 Å². The number of furan rings is 1. The number of nitrogens with zero attached hydrogens (tertiary/aromatic N) is 1. The molecule has 0 bridgehead atoms. The lowest BCUT2D eigenvalue weighted by atomic mass is 9.94. The smallest absolute Gasteiger partial charge is 0.118 e. The molecule has 21 heavy (non-hydrogen) atoms. The topological polar surface area (TPSA) is 37.6 Å². The molecule has 0 radical (unpaired) electrons. The molecule has 0 spiro atoms. The summed E-state index contributed by atoms with van der Waals surface area (Å²) in [6.45, 7) is 12.5. The Balaban J connectivity index is 1.96. The maximum Gasteiger partial charge on any atom is 0.118 e.